The van der Waals surface area contributed by atoms with Crippen molar-refractivity contribution in [1.82, 2.24) is 9.78 Å². The Labute approximate surface area is 103 Å². The molecular weight excluding hydrogens is 243 g/mol. The first-order chi connectivity index (χ1) is 7.99. The minimum atomic E-state index is -0.476. The van der Waals surface area contributed by atoms with Gasteiger partial charge in [-0.25, -0.2) is 4.39 Å². The fourth-order valence-electron chi connectivity index (χ4n) is 1.67. The molecule has 3 nitrogen and oxygen atoms in total. The SMILES string of the molecule is CC(C)c1cc(=O)[nH]n1-c1ccc(F)c(Cl)c1. The second kappa shape index (κ2) is 4.37. The van der Waals surface area contributed by atoms with Crippen molar-refractivity contribution < 1.29 is 4.39 Å². The summed E-state index contributed by atoms with van der Waals surface area (Å²) in [5.41, 5.74) is 1.29. The lowest BCUT2D eigenvalue weighted by molar-refractivity contribution is 0.626. The molecule has 0 saturated heterocycles. The van der Waals surface area contributed by atoms with E-state index in [4.69, 9.17) is 11.6 Å². The number of hydrogen-bond donors (Lipinski definition) is 1. The zero-order valence-electron chi connectivity index (χ0n) is 9.50. The van der Waals surface area contributed by atoms with Gasteiger partial charge in [0.1, 0.15) is 5.82 Å². The zero-order chi connectivity index (χ0) is 12.6. The van der Waals surface area contributed by atoms with Crippen LogP contribution in [-0.4, -0.2) is 9.78 Å². The molecule has 1 aromatic carbocycles. The number of nitrogens with zero attached hydrogens (tertiary/aromatic N) is 1. The van der Waals surface area contributed by atoms with E-state index in [2.05, 4.69) is 5.10 Å². The predicted octanol–water partition coefficient (Wildman–Crippen LogP) is 3.08. The fourth-order valence-corrected chi connectivity index (χ4v) is 1.84. The molecule has 5 heteroatoms. The molecule has 2 rings (SSSR count). The normalized spacial score (nSPS) is 11.1. The van der Waals surface area contributed by atoms with E-state index in [0.717, 1.165) is 5.69 Å². The Morgan fingerprint density at radius 1 is 1.35 bits per heavy atom. The molecule has 17 heavy (non-hydrogen) atoms. The maximum absolute atomic E-state index is 13.1. The van der Waals surface area contributed by atoms with Gasteiger partial charge in [-0.3, -0.25) is 14.6 Å². The summed E-state index contributed by atoms with van der Waals surface area (Å²) in [7, 11) is 0. The summed E-state index contributed by atoms with van der Waals surface area (Å²) in [4.78, 5) is 11.4. The molecule has 0 bridgehead atoms. The molecule has 0 saturated carbocycles. The Balaban J connectivity index is 2.59. The van der Waals surface area contributed by atoms with E-state index in [1.807, 2.05) is 13.8 Å². The van der Waals surface area contributed by atoms with E-state index < -0.39 is 5.82 Å². The Hall–Kier alpha value is -1.55. The van der Waals surface area contributed by atoms with Crippen LogP contribution >= 0.6 is 11.6 Å². The lowest BCUT2D eigenvalue weighted by atomic mass is 10.1. The first kappa shape index (κ1) is 11.9. The molecule has 0 amide bonds. The van der Waals surface area contributed by atoms with Crippen LogP contribution in [-0.2, 0) is 0 Å². The average Bonchev–Trinajstić information content (AvgIpc) is 2.64. The minimum Gasteiger partial charge on any atom is -0.268 e. The molecule has 1 heterocycles. The van der Waals surface area contributed by atoms with Crippen LogP contribution in [0.1, 0.15) is 25.5 Å². The Bertz CT molecular complexity index is 601. The van der Waals surface area contributed by atoms with Crippen molar-refractivity contribution in [3.8, 4) is 5.69 Å². The van der Waals surface area contributed by atoms with Crippen molar-refractivity contribution in [2.45, 2.75) is 19.8 Å². The van der Waals surface area contributed by atoms with Gasteiger partial charge in [0, 0.05) is 11.8 Å². The van der Waals surface area contributed by atoms with E-state index in [1.165, 1.54) is 18.2 Å². The Morgan fingerprint density at radius 3 is 2.65 bits per heavy atom. The van der Waals surface area contributed by atoms with Gasteiger partial charge >= 0.3 is 0 Å². The van der Waals surface area contributed by atoms with Gasteiger partial charge < -0.3 is 0 Å². The molecule has 1 N–H and O–H groups in total. The van der Waals surface area contributed by atoms with E-state index in [0.29, 0.717) is 5.69 Å². The van der Waals surface area contributed by atoms with E-state index in [-0.39, 0.29) is 16.5 Å². The molecule has 1 aromatic heterocycles. The highest BCUT2D eigenvalue weighted by Crippen LogP contribution is 2.21. The molecular formula is C12H12ClFN2O. The van der Waals surface area contributed by atoms with Gasteiger partial charge in [0.2, 0.25) is 0 Å². The zero-order valence-corrected chi connectivity index (χ0v) is 10.3. The van der Waals surface area contributed by atoms with Crippen molar-refractivity contribution in [2.75, 3.05) is 0 Å². The molecule has 2 aromatic rings. The van der Waals surface area contributed by atoms with E-state index >= 15 is 0 Å². The van der Waals surface area contributed by atoms with Crippen LogP contribution in [0.5, 0.6) is 0 Å². The number of halogens is 2. The van der Waals surface area contributed by atoms with Crippen molar-refractivity contribution in [3.05, 3.63) is 51.2 Å². The second-order valence-corrected chi connectivity index (χ2v) is 4.54. The maximum Gasteiger partial charge on any atom is 0.264 e. The quantitative estimate of drug-likeness (QED) is 0.879. The molecule has 0 atom stereocenters. The first-order valence-corrected chi connectivity index (χ1v) is 5.64. The molecule has 0 unspecified atom stereocenters. The molecule has 0 aliphatic heterocycles. The topological polar surface area (TPSA) is 37.8 Å². The van der Waals surface area contributed by atoms with E-state index in [9.17, 15) is 9.18 Å². The number of aromatic amines is 1. The average molecular weight is 255 g/mol. The fraction of sp³-hybridized carbons (Fsp3) is 0.250. The Kier molecular flexibility index (Phi) is 3.07. The molecule has 0 aliphatic carbocycles. The van der Waals surface area contributed by atoms with Gasteiger partial charge in [0.05, 0.1) is 10.7 Å². The number of H-pyrrole nitrogens is 1. The smallest absolute Gasteiger partial charge is 0.264 e. The monoisotopic (exact) mass is 254 g/mol. The molecule has 0 radical (unpaired) electrons. The number of hydrogen-bond acceptors (Lipinski definition) is 1. The van der Waals surface area contributed by atoms with Gasteiger partial charge in [0.15, 0.2) is 0 Å². The lowest BCUT2D eigenvalue weighted by Crippen LogP contribution is -2.06. The highest BCUT2D eigenvalue weighted by molar-refractivity contribution is 6.30. The van der Waals surface area contributed by atoms with Gasteiger partial charge in [-0.2, -0.15) is 0 Å². The molecule has 0 aliphatic rings. The van der Waals surface area contributed by atoms with Crippen LogP contribution < -0.4 is 5.56 Å². The van der Waals surface area contributed by atoms with Gasteiger partial charge in [-0.05, 0) is 24.1 Å². The van der Waals surface area contributed by atoms with Crippen LogP contribution in [0.15, 0.2) is 29.1 Å². The largest absolute Gasteiger partial charge is 0.268 e. The predicted molar refractivity (Wildman–Crippen MR) is 65.4 cm³/mol. The van der Waals surface area contributed by atoms with Crippen LogP contribution in [0.4, 0.5) is 4.39 Å². The standard InChI is InChI=1S/C12H12ClFN2O/c1-7(2)11-6-12(17)15-16(11)8-3-4-10(14)9(13)5-8/h3-7H,1-2H3,(H,15,17). The summed E-state index contributed by atoms with van der Waals surface area (Å²) >= 11 is 5.72. The number of nitrogens with one attached hydrogen (secondary N) is 1. The second-order valence-electron chi connectivity index (χ2n) is 4.13. The third-order valence-corrected chi connectivity index (χ3v) is 2.80. The summed E-state index contributed by atoms with van der Waals surface area (Å²) in [5.74, 6) is -0.297. The lowest BCUT2D eigenvalue weighted by Gasteiger charge is -2.11. The third-order valence-electron chi connectivity index (χ3n) is 2.51. The van der Waals surface area contributed by atoms with Crippen LogP contribution in [0.3, 0.4) is 0 Å². The van der Waals surface area contributed by atoms with Crippen molar-refractivity contribution in [1.29, 1.82) is 0 Å². The molecule has 0 spiro atoms. The van der Waals surface area contributed by atoms with Gasteiger partial charge in [-0.15, -0.1) is 0 Å². The summed E-state index contributed by atoms with van der Waals surface area (Å²) in [5, 5.41) is 2.70. The van der Waals surface area contributed by atoms with Crippen LogP contribution in [0, 0.1) is 5.82 Å². The summed E-state index contributed by atoms with van der Waals surface area (Å²) in [6.45, 7) is 3.95. The highest BCUT2D eigenvalue weighted by atomic mass is 35.5. The van der Waals surface area contributed by atoms with Gasteiger partial charge in [-0.1, -0.05) is 25.4 Å². The molecule has 90 valence electrons. The third kappa shape index (κ3) is 2.26. The minimum absolute atomic E-state index is 0.0340. The van der Waals surface area contributed by atoms with Crippen molar-refractivity contribution in [3.63, 3.8) is 0 Å². The number of benzene rings is 1. The number of rotatable bonds is 2. The molecule has 0 fully saturated rings. The first-order valence-electron chi connectivity index (χ1n) is 5.26. The maximum atomic E-state index is 13.1. The van der Waals surface area contributed by atoms with Crippen LogP contribution in [0.25, 0.3) is 5.69 Å². The van der Waals surface area contributed by atoms with Crippen molar-refractivity contribution >= 4 is 11.6 Å². The Morgan fingerprint density at radius 2 is 2.06 bits per heavy atom. The van der Waals surface area contributed by atoms with Gasteiger partial charge in [0.25, 0.3) is 5.56 Å². The van der Waals surface area contributed by atoms with Crippen LogP contribution in [0.2, 0.25) is 5.02 Å². The van der Waals surface area contributed by atoms with Crippen molar-refractivity contribution in [2.24, 2.45) is 0 Å². The highest BCUT2D eigenvalue weighted by Gasteiger charge is 2.11. The summed E-state index contributed by atoms with van der Waals surface area (Å²) < 4.78 is 14.7. The summed E-state index contributed by atoms with van der Waals surface area (Å²) in [6, 6.07) is 5.86. The summed E-state index contributed by atoms with van der Waals surface area (Å²) in [6.07, 6.45) is 0. The van der Waals surface area contributed by atoms with E-state index in [1.54, 1.807) is 10.7 Å². The number of aromatic nitrogens is 2.